The first-order valence-corrected chi connectivity index (χ1v) is 12.7. The summed E-state index contributed by atoms with van der Waals surface area (Å²) in [6.45, 7) is 0.987. The SMILES string of the molecule is COc1ccc(S(=O)(=O)N2CCCCCC2)cc1C(=O)Nc1ccc(Oc2ccccc2)cc1. The molecular weight excluding hydrogens is 452 g/mol. The monoisotopic (exact) mass is 480 g/mol. The molecule has 0 atom stereocenters. The molecule has 3 aromatic rings. The Balaban J connectivity index is 1.52. The molecule has 7 nitrogen and oxygen atoms in total. The number of rotatable bonds is 7. The van der Waals surface area contributed by atoms with E-state index in [-0.39, 0.29) is 10.5 Å². The Morgan fingerprint density at radius 2 is 1.50 bits per heavy atom. The lowest BCUT2D eigenvalue weighted by Gasteiger charge is -2.20. The van der Waals surface area contributed by atoms with Crippen LogP contribution in [0.25, 0.3) is 0 Å². The number of benzene rings is 3. The summed E-state index contributed by atoms with van der Waals surface area (Å²) in [5, 5.41) is 2.81. The van der Waals surface area contributed by atoms with E-state index in [1.807, 2.05) is 30.3 Å². The van der Waals surface area contributed by atoms with E-state index in [9.17, 15) is 13.2 Å². The van der Waals surface area contributed by atoms with E-state index in [0.717, 1.165) is 25.7 Å². The fraction of sp³-hybridized carbons (Fsp3) is 0.269. The minimum atomic E-state index is -3.69. The van der Waals surface area contributed by atoms with Crippen molar-refractivity contribution in [3.63, 3.8) is 0 Å². The Kier molecular flexibility index (Phi) is 7.49. The lowest BCUT2D eigenvalue weighted by molar-refractivity contribution is 0.102. The lowest BCUT2D eigenvalue weighted by Crippen LogP contribution is -2.32. The molecule has 178 valence electrons. The Morgan fingerprint density at radius 1 is 0.853 bits per heavy atom. The van der Waals surface area contributed by atoms with Crippen LogP contribution >= 0.6 is 0 Å². The zero-order chi connectivity index (χ0) is 24.0. The van der Waals surface area contributed by atoms with E-state index in [0.29, 0.717) is 36.0 Å². The summed E-state index contributed by atoms with van der Waals surface area (Å²) < 4.78 is 39.0. The summed E-state index contributed by atoms with van der Waals surface area (Å²) in [5.41, 5.74) is 0.705. The molecule has 0 aliphatic carbocycles. The number of carbonyl (C=O) groups is 1. The third-order valence-electron chi connectivity index (χ3n) is 5.71. The second-order valence-electron chi connectivity index (χ2n) is 8.07. The maximum absolute atomic E-state index is 13.2. The van der Waals surface area contributed by atoms with E-state index in [1.165, 1.54) is 29.6 Å². The molecule has 3 aromatic carbocycles. The van der Waals surface area contributed by atoms with Crippen LogP contribution in [0.4, 0.5) is 5.69 Å². The van der Waals surface area contributed by atoms with Gasteiger partial charge in [-0.15, -0.1) is 0 Å². The van der Waals surface area contributed by atoms with Crippen molar-refractivity contribution in [3.05, 3.63) is 78.4 Å². The maximum Gasteiger partial charge on any atom is 0.259 e. The van der Waals surface area contributed by atoms with Crippen LogP contribution in [0.1, 0.15) is 36.0 Å². The van der Waals surface area contributed by atoms with Crippen molar-refractivity contribution in [2.45, 2.75) is 30.6 Å². The van der Waals surface area contributed by atoms with Gasteiger partial charge in [-0.05, 0) is 67.4 Å². The van der Waals surface area contributed by atoms with E-state index in [4.69, 9.17) is 9.47 Å². The fourth-order valence-electron chi connectivity index (χ4n) is 3.89. The number of ether oxygens (including phenoxy) is 2. The van der Waals surface area contributed by atoms with Gasteiger partial charge in [-0.1, -0.05) is 31.0 Å². The van der Waals surface area contributed by atoms with E-state index < -0.39 is 15.9 Å². The number of anilines is 1. The van der Waals surface area contributed by atoms with Gasteiger partial charge in [0.1, 0.15) is 17.2 Å². The molecule has 0 saturated carbocycles. The lowest BCUT2D eigenvalue weighted by atomic mass is 10.2. The molecule has 1 aliphatic heterocycles. The standard InChI is InChI=1S/C26H28N2O5S/c1-32-25-16-15-23(34(30,31)28-17-7-2-3-8-18-28)19-24(25)26(29)27-20-11-13-22(14-12-20)33-21-9-5-4-6-10-21/h4-6,9-16,19H,2-3,7-8,17-18H2,1H3,(H,27,29). The van der Waals surface area contributed by atoms with Gasteiger partial charge in [0.05, 0.1) is 17.6 Å². The van der Waals surface area contributed by atoms with E-state index in [1.54, 1.807) is 24.3 Å². The fourth-order valence-corrected chi connectivity index (χ4v) is 5.43. The van der Waals surface area contributed by atoms with E-state index in [2.05, 4.69) is 5.32 Å². The van der Waals surface area contributed by atoms with Gasteiger partial charge < -0.3 is 14.8 Å². The smallest absolute Gasteiger partial charge is 0.259 e. The van der Waals surface area contributed by atoms with Gasteiger partial charge in [-0.25, -0.2) is 8.42 Å². The predicted molar refractivity (Wildman–Crippen MR) is 131 cm³/mol. The molecule has 1 saturated heterocycles. The highest BCUT2D eigenvalue weighted by Gasteiger charge is 2.27. The molecule has 1 fully saturated rings. The highest BCUT2D eigenvalue weighted by molar-refractivity contribution is 7.89. The minimum Gasteiger partial charge on any atom is -0.496 e. The summed E-state index contributed by atoms with van der Waals surface area (Å²) >= 11 is 0. The Bertz CT molecular complexity index is 1220. The molecule has 0 bridgehead atoms. The van der Waals surface area contributed by atoms with Crippen LogP contribution in [0.2, 0.25) is 0 Å². The number of sulfonamides is 1. The molecular formula is C26H28N2O5S. The largest absolute Gasteiger partial charge is 0.496 e. The molecule has 1 amide bonds. The molecule has 1 heterocycles. The van der Waals surface area contributed by atoms with Crippen molar-refractivity contribution < 1.29 is 22.7 Å². The first kappa shape index (κ1) is 23.8. The highest BCUT2D eigenvalue weighted by atomic mass is 32.2. The summed E-state index contributed by atoms with van der Waals surface area (Å²) in [6.07, 6.45) is 3.73. The maximum atomic E-state index is 13.2. The third-order valence-corrected chi connectivity index (χ3v) is 7.60. The summed E-state index contributed by atoms with van der Waals surface area (Å²) in [5.74, 6) is 1.19. The summed E-state index contributed by atoms with van der Waals surface area (Å²) in [6, 6.07) is 20.7. The van der Waals surface area contributed by atoms with Crippen molar-refractivity contribution in [3.8, 4) is 17.2 Å². The number of nitrogens with zero attached hydrogens (tertiary/aromatic N) is 1. The molecule has 34 heavy (non-hydrogen) atoms. The van der Waals surface area contributed by atoms with Gasteiger partial charge in [-0.2, -0.15) is 4.31 Å². The van der Waals surface area contributed by atoms with Crippen LogP contribution in [0, 0.1) is 0 Å². The van der Waals surface area contributed by atoms with Crippen LogP contribution < -0.4 is 14.8 Å². The molecule has 0 spiro atoms. The number of amides is 1. The number of nitrogens with one attached hydrogen (secondary N) is 1. The summed E-state index contributed by atoms with van der Waals surface area (Å²) in [4.78, 5) is 13.1. The molecule has 0 unspecified atom stereocenters. The number of carbonyl (C=O) groups excluding carboxylic acids is 1. The van der Waals surface area contributed by atoms with Crippen molar-refractivity contribution in [1.82, 2.24) is 4.31 Å². The van der Waals surface area contributed by atoms with Gasteiger partial charge in [0.2, 0.25) is 10.0 Å². The van der Waals surface area contributed by atoms with Gasteiger partial charge in [0, 0.05) is 18.8 Å². The van der Waals surface area contributed by atoms with Gasteiger partial charge >= 0.3 is 0 Å². The van der Waals surface area contributed by atoms with Crippen LogP contribution in [0.3, 0.4) is 0 Å². The highest BCUT2D eigenvalue weighted by Crippen LogP contribution is 2.28. The van der Waals surface area contributed by atoms with Crippen LogP contribution in [-0.2, 0) is 10.0 Å². The Labute approximate surface area is 200 Å². The van der Waals surface area contributed by atoms with Gasteiger partial charge in [0.15, 0.2) is 0 Å². The Hall–Kier alpha value is -3.36. The molecule has 8 heteroatoms. The molecule has 1 aliphatic rings. The van der Waals surface area contributed by atoms with Gasteiger partial charge in [-0.3, -0.25) is 4.79 Å². The van der Waals surface area contributed by atoms with Crippen molar-refractivity contribution in [2.24, 2.45) is 0 Å². The predicted octanol–water partition coefficient (Wildman–Crippen LogP) is 5.30. The third kappa shape index (κ3) is 5.58. The normalized spacial score (nSPS) is 14.7. The molecule has 1 N–H and O–H groups in total. The van der Waals surface area contributed by atoms with E-state index >= 15 is 0 Å². The molecule has 0 radical (unpaired) electrons. The number of hydrogen-bond donors (Lipinski definition) is 1. The number of methoxy groups -OCH3 is 1. The van der Waals surface area contributed by atoms with Crippen LogP contribution in [0.15, 0.2) is 77.7 Å². The van der Waals surface area contributed by atoms with Crippen LogP contribution in [0.5, 0.6) is 17.2 Å². The second kappa shape index (κ2) is 10.7. The second-order valence-corrected chi connectivity index (χ2v) is 10.0. The van der Waals surface area contributed by atoms with Gasteiger partial charge in [0.25, 0.3) is 5.91 Å². The zero-order valence-electron chi connectivity index (χ0n) is 19.1. The number of hydrogen-bond acceptors (Lipinski definition) is 5. The number of para-hydroxylation sites is 1. The first-order valence-electron chi connectivity index (χ1n) is 11.3. The quantitative estimate of drug-likeness (QED) is 0.496. The van der Waals surface area contributed by atoms with Crippen molar-refractivity contribution in [2.75, 3.05) is 25.5 Å². The summed E-state index contributed by atoms with van der Waals surface area (Å²) in [7, 11) is -2.24. The molecule has 0 aromatic heterocycles. The Morgan fingerprint density at radius 3 is 2.15 bits per heavy atom. The minimum absolute atomic E-state index is 0.0898. The van der Waals surface area contributed by atoms with Crippen molar-refractivity contribution >= 4 is 21.6 Å². The average Bonchev–Trinajstić information content (AvgIpc) is 3.16. The zero-order valence-corrected chi connectivity index (χ0v) is 19.9. The van der Waals surface area contributed by atoms with Crippen LogP contribution in [-0.4, -0.2) is 38.8 Å². The topological polar surface area (TPSA) is 84.9 Å². The van der Waals surface area contributed by atoms with Crippen molar-refractivity contribution in [1.29, 1.82) is 0 Å². The first-order chi connectivity index (χ1) is 16.5. The average molecular weight is 481 g/mol. The molecule has 4 rings (SSSR count).